The molecule has 8 heteroatoms. The van der Waals surface area contributed by atoms with Crippen LogP contribution in [0, 0.1) is 5.82 Å². The van der Waals surface area contributed by atoms with Crippen molar-refractivity contribution in [1.82, 2.24) is 9.88 Å². The molecule has 0 aliphatic carbocycles. The minimum absolute atomic E-state index is 0.133. The molecule has 29 heavy (non-hydrogen) atoms. The number of ether oxygens (including phenoxy) is 1. The van der Waals surface area contributed by atoms with Gasteiger partial charge in [0.1, 0.15) is 5.82 Å². The lowest BCUT2D eigenvalue weighted by atomic mass is 10.1. The second kappa shape index (κ2) is 10.2. The SMILES string of the molecule is N/C=C(\S)c1ccncc1/C=C/C(=O)Nc1ccc(CN2CCOCC2)cc1F. The van der Waals surface area contributed by atoms with Gasteiger partial charge in [-0.15, -0.1) is 12.6 Å². The summed E-state index contributed by atoms with van der Waals surface area (Å²) in [7, 11) is 0. The summed E-state index contributed by atoms with van der Waals surface area (Å²) >= 11 is 4.30. The van der Waals surface area contributed by atoms with Crippen LogP contribution in [0.3, 0.4) is 0 Å². The van der Waals surface area contributed by atoms with E-state index in [0.717, 1.165) is 24.2 Å². The fraction of sp³-hybridized carbons (Fsp3) is 0.238. The van der Waals surface area contributed by atoms with Crippen molar-refractivity contribution in [2.75, 3.05) is 31.6 Å². The number of hydrogen-bond donors (Lipinski definition) is 3. The molecule has 0 bridgehead atoms. The Morgan fingerprint density at radius 2 is 2.14 bits per heavy atom. The first-order valence-corrected chi connectivity index (χ1v) is 9.64. The molecule has 1 aliphatic heterocycles. The topological polar surface area (TPSA) is 80.5 Å². The third-order valence-electron chi connectivity index (χ3n) is 4.50. The van der Waals surface area contributed by atoms with Gasteiger partial charge in [0, 0.05) is 54.8 Å². The fourth-order valence-corrected chi connectivity index (χ4v) is 3.18. The lowest BCUT2D eigenvalue weighted by molar-refractivity contribution is -0.111. The van der Waals surface area contributed by atoms with Gasteiger partial charge in [-0.25, -0.2) is 4.39 Å². The molecule has 3 rings (SSSR count). The summed E-state index contributed by atoms with van der Waals surface area (Å²) in [6.07, 6.45) is 7.48. The summed E-state index contributed by atoms with van der Waals surface area (Å²) in [5.74, 6) is -0.916. The second-order valence-corrected chi connectivity index (χ2v) is 7.02. The average molecular weight is 415 g/mol. The number of morpholine rings is 1. The molecule has 1 aromatic heterocycles. The molecule has 1 amide bonds. The van der Waals surface area contributed by atoms with Crippen molar-refractivity contribution in [3.8, 4) is 0 Å². The molecule has 0 spiro atoms. The van der Waals surface area contributed by atoms with Gasteiger partial charge in [0.15, 0.2) is 0 Å². The predicted molar refractivity (Wildman–Crippen MR) is 116 cm³/mol. The second-order valence-electron chi connectivity index (χ2n) is 6.54. The van der Waals surface area contributed by atoms with Crippen molar-refractivity contribution in [2.45, 2.75) is 6.54 Å². The minimum Gasteiger partial charge on any atom is -0.404 e. The molecular formula is C21H23FN4O2S. The number of rotatable bonds is 6. The molecule has 1 aromatic carbocycles. The number of hydrogen-bond acceptors (Lipinski definition) is 6. The number of carbonyl (C=O) groups is 1. The van der Waals surface area contributed by atoms with Crippen molar-refractivity contribution in [2.24, 2.45) is 5.73 Å². The highest BCUT2D eigenvalue weighted by Gasteiger charge is 2.12. The molecule has 1 saturated heterocycles. The molecule has 2 aromatic rings. The van der Waals surface area contributed by atoms with Crippen molar-refractivity contribution < 1.29 is 13.9 Å². The molecule has 6 nitrogen and oxygen atoms in total. The Morgan fingerprint density at radius 3 is 2.86 bits per heavy atom. The van der Waals surface area contributed by atoms with E-state index in [1.807, 2.05) is 6.07 Å². The van der Waals surface area contributed by atoms with Gasteiger partial charge in [0.25, 0.3) is 0 Å². The van der Waals surface area contributed by atoms with E-state index in [1.54, 1.807) is 30.6 Å². The summed E-state index contributed by atoms with van der Waals surface area (Å²) in [5, 5.41) is 2.56. The maximum absolute atomic E-state index is 14.4. The minimum atomic E-state index is -0.469. The summed E-state index contributed by atoms with van der Waals surface area (Å²) in [6.45, 7) is 3.69. The van der Waals surface area contributed by atoms with Crippen LogP contribution in [0.15, 0.2) is 48.9 Å². The van der Waals surface area contributed by atoms with Gasteiger partial charge in [-0.3, -0.25) is 14.7 Å². The molecule has 1 fully saturated rings. The van der Waals surface area contributed by atoms with E-state index in [4.69, 9.17) is 10.5 Å². The maximum Gasteiger partial charge on any atom is 0.248 e. The first-order valence-electron chi connectivity index (χ1n) is 9.19. The van der Waals surface area contributed by atoms with E-state index >= 15 is 0 Å². The Labute approximate surface area is 174 Å². The average Bonchev–Trinajstić information content (AvgIpc) is 2.74. The molecule has 0 radical (unpaired) electrons. The number of anilines is 1. The largest absolute Gasteiger partial charge is 0.404 e. The molecule has 0 saturated carbocycles. The molecule has 3 N–H and O–H groups in total. The normalized spacial score (nSPS) is 15.6. The standard InChI is InChI=1S/C21H23FN4O2S/c22-18-11-15(14-26-7-9-28-10-8-26)1-3-19(18)25-21(27)4-2-16-13-24-6-5-17(16)20(29)12-23/h1-6,11-13,29H,7-10,14,23H2,(H,25,27)/b4-2+,20-12-. The van der Waals surface area contributed by atoms with Crippen LogP contribution in [-0.4, -0.2) is 42.1 Å². The van der Waals surface area contributed by atoms with Gasteiger partial charge in [0.2, 0.25) is 5.91 Å². The van der Waals surface area contributed by atoms with Crippen LogP contribution in [-0.2, 0) is 16.1 Å². The van der Waals surface area contributed by atoms with Crippen molar-refractivity contribution >= 4 is 35.2 Å². The number of nitrogens with two attached hydrogens (primary N) is 1. The first-order chi connectivity index (χ1) is 14.1. The number of carbonyl (C=O) groups excluding carboxylic acids is 1. The molecular weight excluding hydrogens is 391 g/mol. The summed E-state index contributed by atoms with van der Waals surface area (Å²) in [5.41, 5.74) is 7.91. The van der Waals surface area contributed by atoms with E-state index in [1.165, 1.54) is 18.3 Å². The predicted octanol–water partition coefficient (Wildman–Crippen LogP) is 2.89. The number of benzene rings is 1. The lowest BCUT2D eigenvalue weighted by Crippen LogP contribution is -2.35. The Morgan fingerprint density at radius 1 is 1.34 bits per heavy atom. The van der Waals surface area contributed by atoms with E-state index < -0.39 is 11.7 Å². The van der Waals surface area contributed by atoms with Crippen LogP contribution < -0.4 is 11.1 Å². The summed E-state index contributed by atoms with van der Waals surface area (Å²) < 4.78 is 19.7. The van der Waals surface area contributed by atoms with Crippen molar-refractivity contribution in [1.29, 1.82) is 0 Å². The van der Waals surface area contributed by atoms with E-state index in [2.05, 4.69) is 27.8 Å². The van der Waals surface area contributed by atoms with E-state index in [-0.39, 0.29) is 5.69 Å². The van der Waals surface area contributed by atoms with E-state index in [9.17, 15) is 9.18 Å². The smallest absolute Gasteiger partial charge is 0.248 e. The first kappa shape index (κ1) is 21.0. The van der Waals surface area contributed by atoms with Gasteiger partial charge in [-0.2, -0.15) is 0 Å². The van der Waals surface area contributed by atoms with Crippen LogP contribution in [0.2, 0.25) is 0 Å². The zero-order valence-electron chi connectivity index (χ0n) is 15.8. The number of nitrogens with one attached hydrogen (secondary N) is 1. The number of thiol groups is 1. The van der Waals surface area contributed by atoms with Crippen molar-refractivity contribution in [3.63, 3.8) is 0 Å². The molecule has 152 valence electrons. The fourth-order valence-electron chi connectivity index (χ4n) is 2.98. The van der Waals surface area contributed by atoms with Crippen LogP contribution in [0.1, 0.15) is 16.7 Å². The molecule has 2 heterocycles. The zero-order chi connectivity index (χ0) is 20.6. The molecule has 1 aliphatic rings. The highest BCUT2D eigenvalue weighted by molar-refractivity contribution is 7.90. The number of aromatic nitrogens is 1. The highest BCUT2D eigenvalue weighted by atomic mass is 32.1. The number of amides is 1. The van der Waals surface area contributed by atoms with Gasteiger partial charge >= 0.3 is 0 Å². The van der Waals surface area contributed by atoms with Crippen LogP contribution >= 0.6 is 12.6 Å². The van der Waals surface area contributed by atoms with Gasteiger partial charge in [0.05, 0.1) is 18.9 Å². The molecule has 0 atom stereocenters. The maximum atomic E-state index is 14.4. The Balaban J connectivity index is 1.64. The van der Waals surface area contributed by atoms with Gasteiger partial charge < -0.3 is 15.8 Å². The van der Waals surface area contributed by atoms with Gasteiger partial charge in [-0.1, -0.05) is 6.07 Å². The number of nitrogens with zero attached hydrogens (tertiary/aromatic N) is 2. The lowest BCUT2D eigenvalue weighted by Gasteiger charge is -2.26. The summed E-state index contributed by atoms with van der Waals surface area (Å²) in [6, 6.07) is 6.59. The Kier molecular flexibility index (Phi) is 7.40. The molecule has 0 unspecified atom stereocenters. The highest BCUT2D eigenvalue weighted by Crippen LogP contribution is 2.22. The van der Waals surface area contributed by atoms with Crippen LogP contribution in [0.25, 0.3) is 11.0 Å². The van der Waals surface area contributed by atoms with Crippen LogP contribution in [0.4, 0.5) is 10.1 Å². The third-order valence-corrected chi connectivity index (χ3v) is 4.89. The van der Waals surface area contributed by atoms with Crippen LogP contribution in [0.5, 0.6) is 0 Å². The Bertz CT molecular complexity index is 927. The van der Waals surface area contributed by atoms with Gasteiger partial charge in [-0.05, 0) is 35.4 Å². The monoisotopic (exact) mass is 414 g/mol. The van der Waals surface area contributed by atoms with E-state index in [0.29, 0.717) is 30.2 Å². The third kappa shape index (κ3) is 5.90. The quantitative estimate of drug-likeness (QED) is 0.500. The zero-order valence-corrected chi connectivity index (χ0v) is 16.7. The number of pyridine rings is 1. The summed E-state index contributed by atoms with van der Waals surface area (Å²) in [4.78, 5) is 19.0. The Hall–Kier alpha value is -2.68. The van der Waals surface area contributed by atoms with Crippen molar-refractivity contribution in [3.05, 3.63) is 71.4 Å². The number of halogens is 1.